The first-order valence-electron chi connectivity index (χ1n) is 7.17. The van der Waals surface area contributed by atoms with E-state index in [1.54, 1.807) is 0 Å². The first-order chi connectivity index (χ1) is 9.26. The topological polar surface area (TPSA) is 59.6 Å². The molecule has 4 nitrogen and oxygen atoms in total. The van der Waals surface area contributed by atoms with Gasteiger partial charge < -0.3 is 15.8 Å². The maximum absolute atomic E-state index is 6.01. The molecule has 1 aromatic rings. The zero-order valence-electron chi connectivity index (χ0n) is 11.4. The molecule has 0 saturated heterocycles. The summed E-state index contributed by atoms with van der Waals surface area (Å²) in [7, 11) is 0. The second-order valence-electron chi connectivity index (χ2n) is 5.35. The highest BCUT2D eigenvalue weighted by molar-refractivity contribution is 6.02. The lowest BCUT2D eigenvalue weighted by molar-refractivity contribution is 0.258. The normalized spacial score (nSPS) is 24.9. The van der Waals surface area contributed by atoms with Crippen LogP contribution in [0, 0.1) is 0 Å². The van der Waals surface area contributed by atoms with E-state index in [2.05, 4.69) is 12.2 Å². The van der Waals surface area contributed by atoms with E-state index in [9.17, 15) is 0 Å². The molecular formula is C15H21N3O. The molecule has 102 valence electrons. The smallest absolute Gasteiger partial charge is 0.155 e. The number of fused-ring (bicyclic) bond motifs is 1. The monoisotopic (exact) mass is 259 g/mol. The van der Waals surface area contributed by atoms with Gasteiger partial charge in [-0.15, -0.1) is 0 Å². The molecule has 0 radical (unpaired) electrons. The van der Waals surface area contributed by atoms with Crippen molar-refractivity contribution in [3.05, 3.63) is 18.2 Å². The molecule has 1 aliphatic heterocycles. The zero-order chi connectivity index (χ0) is 13.2. The Hall–Kier alpha value is -1.71. The number of amidine groups is 1. The van der Waals surface area contributed by atoms with Crippen LogP contribution in [0.2, 0.25) is 0 Å². The molecule has 0 amide bonds. The standard InChI is InChI=1S/C15H21N3O/c1-2-13-15(17-11-5-3-4-6-11)18-12-9-10(16)7-8-14(12)19-13/h7-9,11,13H,2-6,16H2,1H3,(H,17,18). The first kappa shape index (κ1) is 12.3. The Morgan fingerprint density at radius 2 is 2.16 bits per heavy atom. The Morgan fingerprint density at radius 3 is 2.89 bits per heavy atom. The van der Waals surface area contributed by atoms with Crippen LogP contribution in [0.4, 0.5) is 11.4 Å². The maximum atomic E-state index is 6.01. The lowest BCUT2D eigenvalue weighted by Gasteiger charge is -2.29. The summed E-state index contributed by atoms with van der Waals surface area (Å²) in [6.45, 7) is 2.12. The molecular weight excluding hydrogens is 238 g/mol. The Morgan fingerprint density at radius 1 is 1.37 bits per heavy atom. The van der Waals surface area contributed by atoms with Crippen molar-refractivity contribution < 1.29 is 4.74 Å². The van der Waals surface area contributed by atoms with Gasteiger partial charge in [0.15, 0.2) is 6.10 Å². The predicted octanol–water partition coefficient (Wildman–Crippen LogP) is 3.19. The minimum atomic E-state index is 0.0386. The van der Waals surface area contributed by atoms with E-state index in [-0.39, 0.29) is 6.10 Å². The third-order valence-electron chi connectivity index (χ3n) is 3.86. The summed E-state index contributed by atoms with van der Waals surface area (Å²) in [6.07, 6.45) is 5.95. The Bertz CT molecular complexity index is 492. The van der Waals surface area contributed by atoms with Crippen LogP contribution in [0.1, 0.15) is 39.0 Å². The van der Waals surface area contributed by atoms with Crippen LogP contribution >= 0.6 is 0 Å². The van der Waals surface area contributed by atoms with Crippen molar-refractivity contribution in [3.8, 4) is 5.75 Å². The Kier molecular flexibility index (Phi) is 3.32. The van der Waals surface area contributed by atoms with Crippen molar-refractivity contribution >= 4 is 17.2 Å². The van der Waals surface area contributed by atoms with Crippen LogP contribution < -0.4 is 15.8 Å². The van der Waals surface area contributed by atoms with Crippen molar-refractivity contribution in [2.75, 3.05) is 11.1 Å². The molecule has 0 aromatic heterocycles. The lowest BCUT2D eigenvalue weighted by Crippen LogP contribution is -2.37. The summed E-state index contributed by atoms with van der Waals surface area (Å²) < 4.78 is 6.01. The number of ether oxygens (including phenoxy) is 1. The van der Waals surface area contributed by atoms with E-state index in [1.807, 2.05) is 18.2 Å². The summed E-state index contributed by atoms with van der Waals surface area (Å²) in [6, 6.07) is 6.16. The van der Waals surface area contributed by atoms with E-state index in [0.29, 0.717) is 6.04 Å². The largest absolute Gasteiger partial charge is 0.480 e. The summed E-state index contributed by atoms with van der Waals surface area (Å²) in [5.41, 5.74) is 7.50. The van der Waals surface area contributed by atoms with E-state index in [4.69, 9.17) is 15.5 Å². The molecule has 4 heteroatoms. The molecule has 0 bridgehead atoms. The fraction of sp³-hybridized carbons (Fsp3) is 0.533. The average molecular weight is 259 g/mol. The lowest BCUT2D eigenvalue weighted by atomic mass is 10.1. The van der Waals surface area contributed by atoms with Gasteiger partial charge in [0, 0.05) is 5.69 Å². The van der Waals surface area contributed by atoms with Gasteiger partial charge in [0.1, 0.15) is 11.6 Å². The van der Waals surface area contributed by atoms with E-state index < -0.39 is 0 Å². The van der Waals surface area contributed by atoms with Gasteiger partial charge in [0.25, 0.3) is 0 Å². The van der Waals surface area contributed by atoms with Crippen molar-refractivity contribution in [1.29, 1.82) is 0 Å². The minimum Gasteiger partial charge on any atom is -0.480 e. The number of rotatable bonds is 2. The predicted molar refractivity (Wildman–Crippen MR) is 78.9 cm³/mol. The minimum absolute atomic E-state index is 0.0386. The summed E-state index contributed by atoms with van der Waals surface area (Å²) >= 11 is 0. The highest BCUT2D eigenvalue weighted by Gasteiger charge is 2.26. The SMILES string of the molecule is CCC1Oc2ccc(N)cc2NC1=NC1CCCC1. The van der Waals surface area contributed by atoms with E-state index >= 15 is 0 Å². The molecule has 19 heavy (non-hydrogen) atoms. The van der Waals surface area contributed by atoms with Gasteiger partial charge in [-0.05, 0) is 37.5 Å². The van der Waals surface area contributed by atoms with Crippen molar-refractivity contribution in [3.63, 3.8) is 0 Å². The molecule has 1 atom stereocenters. The highest BCUT2D eigenvalue weighted by Crippen LogP contribution is 2.33. The van der Waals surface area contributed by atoms with Crippen LogP contribution in [-0.4, -0.2) is 18.0 Å². The van der Waals surface area contributed by atoms with Crippen molar-refractivity contribution in [2.45, 2.75) is 51.2 Å². The van der Waals surface area contributed by atoms with Crippen LogP contribution in [0.25, 0.3) is 0 Å². The molecule has 3 rings (SSSR count). The van der Waals surface area contributed by atoms with E-state index in [0.717, 1.165) is 29.4 Å². The molecule has 1 fully saturated rings. The average Bonchev–Trinajstić information content (AvgIpc) is 2.91. The summed E-state index contributed by atoms with van der Waals surface area (Å²) in [4.78, 5) is 4.86. The molecule has 3 N–H and O–H groups in total. The number of nitrogens with one attached hydrogen (secondary N) is 1. The fourth-order valence-electron chi connectivity index (χ4n) is 2.80. The van der Waals surface area contributed by atoms with Gasteiger partial charge in [-0.2, -0.15) is 0 Å². The van der Waals surface area contributed by atoms with Crippen molar-refractivity contribution in [2.24, 2.45) is 4.99 Å². The summed E-state index contributed by atoms with van der Waals surface area (Å²) in [5.74, 6) is 1.83. The van der Waals surface area contributed by atoms with E-state index in [1.165, 1.54) is 25.7 Å². The third-order valence-corrected chi connectivity index (χ3v) is 3.86. The molecule has 1 aliphatic carbocycles. The molecule has 1 unspecified atom stereocenters. The number of hydrogen-bond acceptors (Lipinski definition) is 3. The number of anilines is 2. The number of hydrogen-bond donors (Lipinski definition) is 2. The second kappa shape index (κ2) is 5.11. The molecule has 1 heterocycles. The van der Waals surface area contributed by atoms with Gasteiger partial charge in [-0.1, -0.05) is 19.8 Å². The number of benzene rings is 1. The number of nitrogens with zero attached hydrogens (tertiary/aromatic N) is 1. The van der Waals surface area contributed by atoms with Crippen LogP contribution in [0.15, 0.2) is 23.2 Å². The quantitative estimate of drug-likeness (QED) is 0.802. The second-order valence-corrected chi connectivity index (χ2v) is 5.35. The molecule has 2 aliphatic rings. The van der Waals surface area contributed by atoms with Gasteiger partial charge in [-0.25, -0.2) is 0 Å². The Labute approximate surface area is 114 Å². The van der Waals surface area contributed by atoms with Gasteiger partial charge in [-0.3, -0.25) is 4.99 Å². The first-order valence-corrected chi connectivity index (χ1v) is 7.17. The fourth-order valence-corrected chi connectivity index (χ4v) is 2.80. The Balaban J connectivity index is 1.87. The third kappa shape index (κ3) is 2.53. The van der Waals surface area contributed by atoms with Crippen LogP contribution in [-0.2, 0) is 0 Å². The van der Waals surface area contributed by atoms with Gasteiger partial charge in [0.2, 0.25) is 0 Å². The molecule has 1 aromatic carbocycles. The maximum Gasteiger partial charge on any atom is 0.155 e. The number of nitrogen functional groups attached to an aromatic ring is 1. The van der Waals surface area contributed by atoms with Crippen molar-refractivity contribution in [1.82, 2.24) is 0 Å². The zero-order valence-corrected chi connectivity index (χ0v) is 11.4. The molecule has 1 saturated carbocycles. The van der Waals surface area contributed by atoms with Crippen LogP contribution in [0.3, 0.4) is 0 Å². The van der Waals surface area contributed by atoms with Gasteiger partial charge in [0.05, 0.1) is 11.7 Å². The van der Waals surface area contributed by atoms with Crippen LogP contribution in [0.5, 0.6) is 5.75 Å². The summed E-state index contributed by atoms with van der Waals surface area (Å²) in [5, 5.41) is 3.41. The number of aliphatic imine (C=N–C) groups is 1. The number of nitrogens with two attached hydrogens (primary N) is 1. The van der Waals surface area contributed by atoms with Gasteiger partial charge >= 0.3 is 0 Å². The molecule has 0 spiro atoms. The highest BCUT2D eigenvalue weighted by atomic mass is 16.5.